The predicted molar refractivity (Wildman–Crippen MR) is 47.9 cm³/mol. The van der Waals surface area contributed by atoms with E-state index in [0.717, 1.165) is 0 Å². The Kier molecular flexibility index (Phi) is 1.70. The summed E-state index contributed by atoms with van der Waals surface area (Å²) in [5.74, 6) is -0.153. The van der Waals surface area contributed by atoms with E-state index < -0.39 is 5.24 Å². The first-order valence-corrected chi connectivity index (χ1v) is 3.93. The van der Waals surface area contributed by atoms with Crippen molar-refractivity contribution in [1.29, 1.82) is 0 Å². The average Bonchev–Trinajstić information content (AvgIpc) is 2.50. The van der Waals surface area contributed by atoms with Gasteiger partial charge in [-0.3, -0.25) is 4.79 Å². The van der Waals surface area contributed by atoms with Gasteiger partial charge in [-0.05, 0) is 23.7 Å². The quantitative estimate of drug-likeness (QED) is 0.682. The van der Waals surface area contributed by atoms with E-state index in [1.165, 1.54) is 12.4 Å². The fourth-order valence-electron chi connectivity index (χ4n) is 1.19. The van der Waals surface area contributed by atoms with Gasteiger partial charge >= 0.3 is 0 Å². The molecule has 0 radical (unpaired) electrons. The van der Waals surface area contributed by atoms with Crippen LogP contribution < -0.4 is 0 Å². The zero-order valence-corrected chi connectivity index (χ0v) is 7.17. The minimum atomic E-state index is -0.713. The van der Waals surface area contributed by atoms with E-state index >= 15 is 0 Å². The summed E-state index contributed by atoms with van der Waals surface area (Å²) in [6, 6.07) is 3.02. The molecule has 1 aromatic carbocycles. The van der Waals surface area contributed by atoms with Crippen molar-refractivity contribution in [2.45, 2.75) is 0 Å². The molecular formula is C8H5ClN2O2. The van der Waals surface area contributed by atoms with E-state index in [1.54, 1.807) is 6.07 Å². The summed E-state index contributed by atoms with van der Waals surface area (Å²) in [7, 11) is 0. The van der Waals surface area contributed by atoms with Crippen LogP contribution in [-0.4, -0.2) is 20.3 Å². The van der Waals surface area contributed by atoms with E-state index in [1.807, 2.05) is 0 Å². The lowest BCUT2D eigenvalue weighted by atomic mass is 10.2. The lowest BCUT2D eigenvalue weighted by Gasteiger charge is -1.98. The van der Waals surface area contributed by atoms with Gasteiger partial charge in [0.15, 0.2) is 0 Å². The van der Waals surface area contributed by atoms with E-state index in [-0.39, 0.29) is 11.3 Å². The number of nitrogens with one attached hydrogen (secondary N) is 1. The number of carbonyl (C=O) groups excluding carboxylic acids is 1. The van der Waals surface area contributed by atoms with E-state index in [0.29, 0.717) is 11.0 Å². The van der Waals surface area contributed by atoms with E-state index in [9.17, 15) is 9.90 Å². The molecule has 0 saturated heterocycles. The fourth-order valence-corrected chi connectivity index (χ4v) is 1.38. The highest BCUT2D eigenvalue weighted by Crippen LogP contribution is 2.25. The van der Waals surface area contributed by atoms with Crippen molar-refractivity contribution in [2.75, 3.05) is 0 Å². The fraction of sp³-hybridized carbons (Fsp3) is 0. The van der Waals surface area contributed by atoms with Gasteiger partial charge in [0.2, 0.25) is 0 Å². The van der Waals surface area contributed by atoms with Crippen LogP contribution in [0.25, 0.3) is 11.0 Å². The van der Waals surface area contributed by atoms with Crippen molar-refractivity contribution >= 4 is 27.9 Å². The van der Waals surface area contributed by atoms with Crippen LogP contribution in [0.15, 0.2) is 18.5 Å². The molecular weight excluding hydrogens is 192 g/mol. The number of halogens is 1. The first-order valence-electron chi connectivity index (χ1n) is 3.55. The summed E-state index contributed by atoms with van der Waals surface area (Å²) in [5, 5.41) is 8.63. The second-order valence-corrected chi connectivity index (χ2v) is 2.88. The Morgan fingerprint density at radius 2 is 2.31 bits per heavy atom. The highest BCUT2D eigenvalue weighted by molar-refractivity contribution is 6.69. The summed E-state index contributed by atoms with van der Waals surface area (Å²) < 4.78 is 0. The summed E-state index contributed by atoms with van der Waals surface area (Å²) >= 11 is 5.29. The molecule has 1 aromatic heterocycles. The number of benzene rings is 1. The van der Waals surface area contributed by atoms with Gasteiger partial charge in [0.1, 0.15) is 16.8 Å². The Hall–Kier alpha value is -1.55. The molecule has 0 bridgehead atoms. The van der Waals surface area contributed by atoms with Gasteiger partial charge in [-0.15, -0.1) is 0 Å². The number of hydrogen-bond donors (Lipinski definition) is 2. The standard InChI is InChI=1S/C8H5ClN2O2/c9-8(13)6-5(12)2-1-4-7(6)11-3-10-4/h1-3,12H,(H,10,11). The number of nitrogens with zero attached hydrogens (tertiary/aromatic N) is 1. The van der Waals surface area contributed by atoms with Gasteiger partial charge in [0.25, 0.3) is 5.24 Å². The molecule has 1 heterocycles. The largest absolute Gasteiger partial charge is 0.507 e. The number of fused-ring (bicyclic) bond motifs is 1. The molecule has 0 aliphatic heterocycles. The third-order valence-electron chi connectivity index (χ3n) is 1.77. The van der Waals surface area contributed by atoms with Crippen molar-refractivity contribution in [3.63, 3.8) is 0 Å². The Morgan fingerprint density at radius 3 is 3.00 bits per heavy atom. The maximum Gasteiger partial charge on any atom is 0.258 e. The van der Waals surface area contributed by atoms with E-state index in [2.05, 4.69) is 9.97 Å². The second kappa shape index (κ2) is 2.74. The smallest absolute Gasteiger partial charge is 0.258 e. The average molecular weight is 197 g/mol. The Labute approximate surface area is 78.2 Å². The van der Waals surface area contributed by atoms with Crippen LogP contribution in [0.3, 0.4) is 0 Å². The van der Waals surface area contributed by atoms with Gasteiger partial charge < -0.3 is 10.1 Å². The molecule has 4 nitrogen and oxygen atoms in total. The van der Waals surface area contributed by atoms with Crippen LogP contribution in [0.2, 0.25) is 0 Å². The van der Waals surface area contributed by atoms with Crippen molar-refractivity contribution in [1.82, 2.24) is 9.97 Å². The lowest BCUT2D eigenvalue weighted by Crippen LogP contribution is -1.91. The Morgan fingerprint density at radius 1 is 1.54 bits per heavy atom. The van der Waals surface area contributed by atoms with Gasteiger partial charge in [0.05, 0.1) is 11.8 Å². The first-order chi connectivity index (χ1) is 6.20. The number of phenolic OH excluding ortho intramolecular Hbond substituents is 1. The molecule has 2 N–H and O–H groups in total. The zero-order chi connectivity index (χ0) is 9.42. The molecule has 66 valence electrons. The number of carbonyl (C=O) groups is 1. The highest BCUT2D eigenvalue weighted by Gasteiger charge is 2.14. The van der Waals surface area contributed by atoms with Gasteiger partial charge in [0, 0.05) is 0 Å². The van der Waals surface area contributed by atoms with Crippen molar-refractivity contribution in [3.05, 3.63) is 24.0 Å². The first kappa shape index (κ1) is 8.07. The predicted octanol–water partition coefficient (Wildman–Crippen LogP) is 1.65. The number of imidazole rings is 1. The van der Waals surface area contributed by atoms with E-state index in [4.69, 9.17) is 11.6 Å². The SMILES string of the molecule is O=C(Cl)c1c(O)ccc2[nH]cnc12. The van der Waals surface area contributed by atoms with Crippen LogP contribution in [-0.2, 0) is 0 Å². The summed E-state index contributed by atoms with van der Waals surface area (Å²) in [4.78, 5) is 17.6. The van der Waals surface area contributed by atoms with Crippen molar-refractivity contribution in [3.8, 4) is 5.75 Å². The Bertz CT molecular complexity index is 478. The normalized spacial score (nSPS) is 10.5. The number of rotatable bonds is 1. The summed E-state index contributed by atoms with van der Waals surface area (Å²) in [6.45, 7) is 0. The number of H-pyrrole nitrogens is 1. The third kappa shape index (κ3) is 1.15. The number of phenols is 1. The third-order valence-corrected chi connectivity index (χ3v) is 1.96. The van der Waals surface area contributed by atoms with Crippen LogP contribution >= 0.6 is 11.6 Å². The molecule has 0 atom stereocenters. The maximum absolute atomic E-state index is 10.9. The van der Waals surface area contributed by atoms with Crippen LogP contribution in [0, 0.1) is 0 Å². The highest BCUT2D eigenvalue weighted by atomic mass is 35.5. The molecule has 13 heavy (non-hydrogen) atoms. The monoisotopic (exact) mass is 196 g/mol. The van der Waals surface area contributed by atoms with Gasteiger partial charge in [-0.1, -0.05) is 0 Å². The second-order valence-electron chi connectivity index (χ2n) is 2.53. The molecule has 2 rings (SSSR count). The number of aromatic nitrogens is 2. The molecule has 2 aromatic rings. The molecule has 0 aliphatic carbocycles. The van der Waals surface area contributed by atoms with Crippen LogP contribution in [0.1, 0.15) is 10.4 Å². The van der Waals surface area contributed by atoms with Crippen LogP contribution in [0.5, 0.6) is 5.75 Å². The minimum Gasteiger partial charge on any atom is -0.507 e. The summed E-state index contributed by atoms with van der Waals surface area (Å²) in [5.41, 5.74) is 1.10. The number of hydrogen-bond acceptors (Lipinski definition) is 3. The number of aromatic hydroxyl groups is 1. The van der Waals surface area contributed by atoms with Gasteiger partial charge in [-0.25, -0.2) is 4.98 Å². The van der Waals surface area contributed by atoms with Crippen LogP contribution in [0.4, 0.5) is 0 Å². The molecule has 0 saturated carbocycles. The summed E-state index contributed by atoms with van der Waals surface area (Å²) in [6.07, 6.45) is 1.44. The number of aromatic amines is 1. The molecule has 0 amide bonds. The Balaban J connectivity index is 2.88. The minimum absolute atomic E-state index is 0.0421. The van der Waals surface area contributed by atoms with Crippen molar-refractivity contribution < 1.29 is 9.90 Å². The lowest BCUT2D eigenvalue weighted by molar-refractivity contribution is 0.108. The topological polar surface area (TPSA) is 66.0 Å². The molecule has 0 fully saturated rings. The molecule has 0 aliphatic rings. The maximum atomic E-state index is 10.9. The molecule has 0 unspecified atom stereocenters. The van der Waals surface area contributed by atoms with Crippen molar-refractivity contribution in [2.24, 2.45) is 0 Å². The van der Waals surface area contributed by atoms with Gasteiger partial charge in [-0.2, -0.15) is 0 Å². The molecule has 5 heteroatoms. The zero-order valence-electron chi connectivity index (χ0n) is 6.41. The molecule has 0 spiro atoms.